The summed E-state index contributed by atoms with van der Waals surface area (Å²) < 4.78 is 64.6. The van der Waals surface area contributed by atoms with Crippen LogP contribution >= 0.6 is 0 Å². The van der Waals surface area contributed by atoms with Crippen LogP contribution in [0, 0.1) is 29.1 Å². The lowest BCUT2D eigenvalue weighted by Crippen LogP contribution is -2.12. The van der Waals surface area contributed by atoms with Crippen molar-refractivity contribution in [1.29, 1.82) is 0 Å². The summed E-state index contributed by atoms with van der Waals surface area (Å²) in [6, 6.07) is 0. The minimum absolute atomic E-state index is 0.0107. The molecule has 0 saturated carbocycles. The first kappa shape index (κ1) is 14.7. The van der Waals surface area contributed by atoms with Crippen LogP contribution in [0.15, 0.2) is 0 Å². The predicted molar refractivity (Wildman–Crippen MR) is 55.6 cm³/mol. The van der Waals surface area contributed by atoms with Crippen molar-refractivity contribution < 1.29 is 27.1 Å². The highest BCUT2D eigenvalue weighted by Crippen LogP contribution is 2.26. The van der Waals surface area contributed by atoms with Crippen molar-refractivity contribution in [2.45, 2.75) is 25.9 Å². The molecule has 7 heteroatoms. The second-order valence-corrected chi connectivity index (χ2v) is 3.86. The molecule has 102 valence electrons. The van der Waals surface area contributed by atoms with Gasteiger partial charge in [-0.05, 0) is 19.8 Å². The van der Waals surface area contributed by atoms with Crippen molar-refractivity contribution in [2.24, 2.45) is 0 Å². The number of anilines is 1. The molecule has 0 aliphatic heterocycles. The van der Waals surface area contributed by atoms with Crippen LogP contribution in [0.25, 0.3) is 0 Å². The molecule has 0 radical (unpaired) electrons. The summed E-state index contributed by atoms with van der Waals surface area (Å²) in [6.45, 7) is 1.52. The van der Waals surface area contributed by atoms with Crippen molar-refractivity contribution in [2.75, 3.05) is 11.9 Å². The maximum atomic E-state index is 13.2. The van der Waals surface area contributed by atoms with Gasteiger partial charge in [0.25, 0.3) is 0 Å². The van der Waals surface area contributed by atoms with E-state index in [2.05, 4.69) is 5.32 Å². The molecule has 2 nitrogen and oxygen atoms in total. The van der Waals surface area contributed by atoms with E-state index in [9.17, 15) is 22.0 Å². The van der Waals surface area contributed by atoms with Gasteiger partial charge in [0.2, 0.25) is 5.82 Å². The Morgan fingerprint density at radius 2 is 1.39 bits per heavy atom. The van der Waals surface area contributed by atoms with E-state index in [4.69, 9.17) is 5.11 Å². The summed E-state index contributed by atoms with van der Waals surface area (Å²) in [4.78, 5) is 0. The fourth-order valence-electron chi connectivity index (χ4n) is 1.37. The summed E-state index contributed by atoms with van der Waals surface area (Å²) in [7, 11) is 0. The number of rotatable bonds is 5. The number of benzene rings is 1. The summed E-state index contributed by atoms with van der Waals surface area (Å²) in [5, 5.41) is 11.1. The third kappa shape index (κ3) is 3.10. The van der Waals surface area contributed by atoms with E-state index in [-0.39, 0.29) is 6.54 Å². The van der Waals surface area contributed by atoms with Gasteiger partial charge in [0, 0.05) is 6.54 Å². The Labute approximate surface area is 100 Å². The average molecular weight is 269 g/mol. The van der Waals surface area contributed by atoms with E-state index in [1.165, 1.54) is 6.92 Å². The monoisotopic (exact) mass is 269 g/mol. The summed E-state index contributed by atoms with van der Waals surface area (Å²) >= 11 is 0. The second kappa shape index (κ2) is 5.99. The Bertz CT molecular complexity index is 407. The normalized spacial score (nSPS) is 12.6. The molecule has 2 N–H and O–H groups in total. The number of nitrogens with one attached hydrogen (secondary N) is 1. The molecule has 1 rings (SSSR count). The van der Waals surface area contributed by atoms with Crippen LogP contribution in [-0.2, 0) is 0 Å². The van der Waals surface area contributed by atoms with Gasteiger partial charge in [-0.3, -0.25) is 0 Å². The lowest BCUT2D eigenvalue weighted by atomic mass is 10.2. The molecular weight excluding hydrogens is 257 g/mol. The molecule has 0 fully saturated rings. The fourth-order valence-corrected chi connectivity index (χ4v) is 1.37. The zero-order chi connectivity index (χ0) is 13.9. The van der Waals surface area contributed by atoms with Crippen LogP contribution in [0.2, 0.25) is 0 Å². The molecule has 1 atom stereocenters. The van der Waals surface area contributed by atoms with Crippen molar-refractivity contribution in [3.8, 4) is 0 Å². The molecule has 0 aliphatic carbocycles. The van der Waals surface area contributed by atoms with Crippen molar-refractivity contribution in [3.05, 3.63) is 29.1 Å². The Balaban J connectivity index is 2.83. The minimum atomic E-state index is -2.18. The van der Waals surface area contributed by atoms with E-state index in [1.807, 2.05) is 0 Å². The highest BCUT2D eigenvalue weighted by molar-refractivity contribution is 5.47. The number of aliphatic hydroxyl groups excluding tert-OH is 1. The molecule has 0 amide bonds. The molecule has 18 heavy (non-hydrogen) atoms. The lowest BCUT2D eigenvalue weighted by Gasteiger charge is -2.11. The molecule has 0 saturated heterocycles. The Hall–Kier alpha value is -1.37. The van der Waals surface area contributed by atoms with Crippen LogP contribution in [0.3, 0.4) is 0 Å². The van der Waals surface area contributed by atoms with Gasteiger partial charge in [-0.25, -0.2) is 22.0 Å². The minimum Gasteiger partial charge on any atom is -0.393 e. The highest BCUT2D eigenvalue weighted by Gasteiger charge is 2.25. The first-order valence-electron chi connectivity index (χ1n) is 5.29. The zero-order valence-corrected chi connectivity index (χ0v) is 9.54. The zero-order valence-electron chi connectivity index (χ0n) is 9.54. The van der Waals surface area contributed by atoms with Crippen molar-refractivity contribution in [1.82, 2.24) is 0 Å². The molecule has 0 heterocycles. The lowest BCUT2D eigenvalue weighted by molar-refractivity contribution is 0.183. The van der Waals surface area contributed by atoms with Crippen LogP contribution in [-0.4, -0.2) is 17.8 Å². The van der Waals surface area contributed by atoms with Crippen molar-refractivity contribution >= 4 is 5.69 Å². The Morgan fingerprint density at radius 3 is 1.83 bits per heavy atom. The average Bonchev–Trinajstić information content (AvgIpc) is 2.32. The molecule has 0 aliphatic rings. The number of hydrogen-bond acceptors (Lipinski definition) is 2. The summed E-state index contributed by atoms with van der Waals surface area (Å²) in [5.74, 6) is -9.91. The topological polar surface area (TPSA) is 32.3 Å². The maximum absolute atomic E-state index is 13.2. The van der Waals surface area contributed by atoms with Gasteiger partial charge in [-0.15, -0.1) is 0 Å². The van der Waals surface area contributed by atoms with Gasteiger partial charge in [0.05, 0.1) is 6.10 Å². The molecule has 0 spiro atoms. The highest BCUT2D eigenvalue weighted by atomic mass is 19.2. The smallest absolute Gasteiger partial charge is 0.200 e. The number of halogens is 5. The second-order valence-electron chi connectivity index (χ2n) is 3.86. The van der Waals surface area contributed by atoms with Crippen molar-refractivity contribution in [3.63, 3.8) is 0 Å². The maximum Gasteiger partial charge on any atom is 0.200 e. The number of aliphatic hydroxyl groups is 1. The number of hydrogen-bond donors (Lipinski definition) is 2. The largest absolute Gasteiger partial charge is 0.393 e. The van der Waals surface area contributed by atoms with Gasteiger partial charge < -0.3 is 10.4 Å². The van der Waals surface area contributed by atoms with Crippen LogP contribution in [0.1, 0.15) is 19.8 Å². The van der Waals surface area contributed by atoms with Gasteiger partial charge in [0.1, 0.15) is 5.69 Å². The van der Waals surface area contributed by atoms with Gasteiger partial charge in [0.15, 0.2) is 23.3 Å². The third-order valence-corrected chi connectivity index (χ3v) is 2.31. The van der Waals surface area contributed by atoms with Crippen LogP contribution in [0.5, 0.6) is 0 Å². The first-order chi connectivity index (χ1) is 8.36. The van der Waals surface area contributed by atoms with E-state index < -0.39 is 40.9 Å². The molecule has 1 aromatic carbocycles. The summed E-state index contributed by atoms with van der Waals surface area (Å²) in [5.41, 5.74) is -1.04. The molecule has 0 aromatic heterocycles. The van der Waals surface area contributed by atoms with E-state index in [1.54, 1.807) is 0 Å². The standard InChI is InChI=1S/C11H12F5NO/c1-5(18)3-2-4-17-11-9(15)7(13)6(12)8(14)10(11)16/h5,17-18H,2-4H2,1H3. The Morgan fingerprint density at radius 1 is 0.944 bits per heavy atom. The Kier molecular flexibility index (Phi) is 4.89. The van der Waals surface area contributed by atoms with Gasteiger partial charge in [-0.1, -0.05) is 0 Å². The van der Waals surface area contributed by atoms with E-state index in [0.29, 0.717) is 12.8 Å². The van der Waals surface area contributed by atoms with Crippen LogP contribution in [0.4, 0.5) is 27.6 Å². The molecule has 1 aromatic rings. The van der Waals surface area contributed by atoms with Gasteiger partial charge >= 0.3 is 0 Å². The SMILES string of the molecule is CC(O)CCCNc1c(F)c(F)c(F)c(F)c1F. The first-order valence-corrected chi connectivity index (χ1v) is 5.29. The quantitative estimate of drug-likeness (QED) is 0.373. The molecular formula is C11H12F5NO. The third-order valence-electron chi connectivity index (χ3n) is 2.31. The molecule has 1 unspecified atom stereocenters. The van der Waals surface area contributed by atoms with E-state index >= 15 is 0 Å². The van der Waals surface area contributed by atoms with Gasteiger partial charge in [-0.2, -0.15) is 0 Å². The van der Waals surface area contributed by atoms with Crippen LogP contribution < -0.4 is 5.32 Å². The van der Waals surface area contributed by atoms with E-state index in [0.717, 1.165) is 0 Å². The fraction of sp³-hybridized carbons (Fsp3) is 0.455. The predicted octanol–water partition coefficient (Wildman–Crippen LogP) is 2.96. The molecule has 0 bridgehead atoms. The summed E-state index contributed by atoms with van der Waals surface area (Å²) in [6.07, 6.45) is 0.0858.